The van der Waals surface area contributed by atoms with E-state index < -0.39 is 0 Å². The van der Waals surface area contributed by atoms with Gasteiger partial charge in [-0.05, 0) is 37.0 Å². The molecule has 20 heavy (non-hydrogen) atoms. The fraction of sp³-hybridized carbons (Fsp3) is 0.562. The number of amides is 1. The minimum Gasteiger partial charge on any atom is -0.507 e. The zero-order valence-corrected chi connectivity index (χ0v) is 12.2. The molecule has 0 aliphatic carbocycles. The monoisotopic (exact) mass is 277 g/mol. The van der Waals surface area contributed by atoms with Crippen LogP contribution < -0.4 is 0 Å². The molecule has 2 rings (SSSR count). The molecule has 0 spiro atoms. The Hall–Kier alpha value is -1.55. The number of piperidine rings is 1. The van der Waals surface area contributed by atoms with Crippen LogP contribution >= 0.6 is 0 Å². The molecule has 1 aliphatic heterocycles. The maximum absolute atomic E-state index is 12.6. The Balaban J connectivity index is 2.23. The normalized spacial score (nSPS) is 22.9. The molecule has 0 saturated carbocycles. The molecule has 0 aromatic heterocycles. The number of likely N-dealkylation sites (tertiary alicyclic amines) is 1. The molecule has 1 aromatic carbocycles. The highest BCUT2D eigenvalue weighted by Gasteiger charge is 2.33. The van der Waals surface area contributed by atoms with Gasteiger partial charge in [0.2, 0.25) is 0 Å². The summed E-state index contributed by atoms with van der Waals surface area (Å²) in [6, 6.07) is 5.18. The lowest BCUT2D eigenvalue weighted by Crippen LogP contribution is -2.46. The van der Waals surface area contributed by atoms with E-state index in [9.17, 15) is 15.0 Å². The van der Waals surface area contributed by atoms with Crippen LogP contribution in [-0.4, -0.2) is 40.7 Å². The van der Waals surface area contributed by atoms with E-state index in [1.807, 2.05) is 19.9 Å². The van der Waals surface area contributed by atoms with Crippen molar-refractivity contribution < 1.29 is 15.0 Å². The zero-order chi connectivity index (χ0) is 14.8. The van der Waals surface area contributed by atoms with Gasteiger partial charge in [0.1, 0.15) is 5.75 Å². The van der Waals surface area contributed by atoms with Crippen LogP contribution in [0.2, 0.25) is 0 Å². The summed E-state index contributed by atoms with van der Waals surface area (Å²) in [5.74, 6) is -0.111. The molecule has 4 heteroatoms. The first-order chi connectivity index (χ1) is 9.49. The number of carbonyl (C=O) groups is 1. The molecule has 1 atom stereocenters. The molecular formula is C16H23NO3. The largest absolute Gasteiger partial charge is 0.507 e. The fourth-order valence-corrected chi connectivity index (χ4v) is 2.76. The van der Waals surface area contributed by atoms with E-state index in [0.717, 1.165) is 24.8 Å². The molecule has 1 heterocycles. The summed E-state index contributed by atoms with van der Waals surface area (Å²) in [4.78, 5) is 14.3. The Morgan fingerprint density at radius 1 is 1.45 bits per heavy atom. The smallest absolute Gasteiger partial charge is 0.257 e. The average Bonchev–Trinajstić information content (AvgIpc) is 2.47. The number of phenolic OH excluding ortho intramolecular Hbond substituents is 1. The minimum absolute atomic E-state index is 0.0310. The SMILES string of the molecule is CCc1ccc(O)c(C(=O)N2CCCC(C)(CO)C2)c1. The Bertz CT molecular complexity index is 500. The summed E-state index contributed by atoms with van der Waals surface area (Å²) >= 11 is 0. The minimum atomic E-state index is -0.230. The van der Waals surface area contributed by atoms with E-state index in [1.54, 1.807) is 17.0 Å². The molecule has 1 fully saturated rings. The van der Waals surface area contributed by atoms with E-state index in [1.165, 1.54) is 0 Å². The average molecular weight is 277 g/mol. The van der Waals surface area contributed by atoms with Gasteiger partial charge in [0, 0.05) is 18.5 Å². The topological polar surface area (TPSA) is 60.8 Å². The third-order valence-electron chi connectivity index (χ3n) is 4.15. The van der Waals surface area contributed by atoms with Gasteiger partial charge in [-0.25, -0.2) is 0 Å². The summed E-state index contributed by atoms with van der Waals surface area (Å²) < 4.78 is 0. The first-order valence-electron chi connectivity index (χ1n) is 7.21. The van der Waals surface area contributed by atoms with Crippen molar-refractivity contribution >= 4 is 5.91 Å². The number of aromatic hydroxyl groups is 1. The van der Waals surface area contributed by atoms with Gasteiger partial charge in [0.25, 0.3) is 5.91 Å². The second-order valence-electron chi connectivity index (χ2n) is 6.00. The second kappa shape index (κ2) is 5.83. The van der Waals surface area contributed by atoms with Crippen LogP contribution in [0.1, 0.15) is 42.6 Å². The molecular weight excluding hydrogens is 254 g/mol. The number of aliphatic hydroxyl groups excluding tert-OH is 1. The number of rotatable bonds is 3. The van der Waals surface area contributed by atoms with E-state index in [-0.39, 0.29) is 23.7 Å². The number of aryl methyl sites for hydroxylation is 1. The molecule has 110 valence electrons. The van der Waals surface area contributed by atoms with Gasteiger partial charge in [-0.15, -0.1) is 0 Å². The summed E-state index contributed by atoms with van der Waals surface area (Å²) in [7, 11) is 0. The number of phenols is 1. The number of hydrogen-bond donors (Lipinski definition) is 2. The van der Waals surface area contributed by atoms with Crippen molar-refractivity contribution in [3.63, 3.8) is 0 Å². The van der Waals surface area contributed by atoms with Gasteiger partial charge in [-0.1, -0.05) is 19.9 Å². The molecule has 0 bridgehead atoms. The third-order valence-corrected chi connectivity index (χ3v) is 4.15. The molecule has 1 aromatic rings. The fourth-order valence-electron chi connectivity index (χ4n) is 2.76. The summed E-state index contributed by atoms with van der Waals surface area (Å²) in [6.45, 7) is 5.32. The first kappa shape index (κ1) is 14.9. The van der Waals surface area contributed by atoms with Crippen LogP contribution in [0.4, 0.5) is 0 Å². The Morgan fingerprint density at radius 3 is 2.85 bits per heavy atom. The number of carbonyl (C=O) groups excluding carboxylic acids is 1. The van der Waals surface area contributed by atoms with Gasteiger partial charge in [-0.3, -0.25) is 4.79 Å². The van der Waals surface area contributed by atoms with E-state index in [0.29, 0.717) is 18.7 Å². The lowest BCUT2D eigenvalue weighted by atomic mass is 9.82. The molecule has 1 amide bonds. The van der Waals surface area contributed by atoms with Crippen molar-refractivity contribution in [2.75, 3.05) is 19.7 Å². The van der Waals surface area contributed by atoms with E-state index in [4.69, 9.17) is 0 Å². The van der Waals surface area contributed by atoms with Crippen LogP contribution in [-0.2, 0) is 6.42 Å². The number of nitrogens with zero attached hydrogens (tertiary/aromatic N) is 1. The van der Waals surface area contributed by atoms with Crippen molar-refractivity contribution in [3.05, 3.63) is 29.3 Å². The highest BCUT2D eigenvalue weighted by atomic mass is 16.3. The summed E-state index contributed by atoms with van der Waals surface area (Å²) in [6.07, 6.45) is 2.64. The zero-order valence-electron chi connectivity index (χ0n) is 12.2. The number of aliphatic hydroxyl groups is 1. The predicted octanol–water partition coefficient (Wildman–Crippen LogP) is 2.19. The van der Waals surface area contributed by atoms with Crippen LogP contribution in [0.15, 0.2) is 18.2 Å². The maximum Gasteiger partial charge on any atom is 0.257 e. The molecule has 1 aliphatic rings. The Labute approximate surface area is 120 Å². The van der Waals surface area contributed by atoms with Gasteiger partial charge in [0.05, 0.1) is 12.2 Å². The summed E-state index contributed by atoms with van der Waals surface area (Å²) in [5, 5.41) is 19.4. The third kappa shape index (κ3) is 2.96. The first-order valence-corrected chi connectivity index (χ1v) is 7.21. The quantitative estimate of drug-likeness (QED) is 0.890. The Morgan fingerprint density at radius 2 is 2.20 bits per heavy atom. The van der Waals surface area contributed by atoms with Crippen LogP contribution in [0.3, 0.4) is 0 Å². The number of hydrogen-bond acceptors (Lipinski definition) is 3. The summed E-state index contributed by atoms with van der Waals surface area (Å²) in [5.41, 5.74) is 1.17. The van der Waals surface area contributed by atoms with Crippen LogP contribution in [0.25, 0.3) is 0 Å². The van der Waals surface area contributed by atoms with Crippen LogP contribution in [0.5, 0.6) is 5.75 Å². The van der Waals surface area contributed by atoms with Gasteiger partial charge >= 0.3 is 0 Å². The van der Waals surface area contributed by atoms with E-state index in [2.05, 4.69) is 0 Å². The maximum atomic E-state index is 12.6. The highest BCUT2D eigenvalue weighted by molar-refractivity contribution is 5.97. The van der Waals surface area contributed by atoms with Crippen molar-refractivity contribution in [3.8, 4) is 5.75 Å². The van der Waals surface area contributed by atoms with Crippen LogP contribution in [0, 0.1) is 5.41 Å². The predicted molar refractivity (Wildman–Crippen MR) is 77.8 cm³/mol. The van der Waals surface area contributed by atoms with Gasteiger partial charge in [0.15, 0.2) is 0 Å². The van der Waals surface area contributed by atoms with Crippen molar-refractivity contribution in [2.45, 2.75) is 33.1 Å². The lowest BCUT2D eigenvalue weighted by molar-refractivity contribution is 0.0356. The van der Waals surface area contributed by atoms with Crippen molar-refractivity contribution in [1.82, 2.24) is 4.90 Å². The second-order valence-corrected chi connectivity index (χ2v) is 6.00. The molecule has 0 radical (unpaired) electrons. The number of benzene rings is 1. The lowest BCUT2D eigenvalue weighted by Gasteiger charge is -2.39. The van der Waals surface area contributed by atoms with E-state index >= 15 is 0 Å². The van der Waals surface area contributed by atoms with Gasteiger partial charge in [-0.2, -0.15) is 0 Å². The molecule has 1 unspecified atom stereocenters. The molecule has 2 N–H and O–H groups in total. The molecule has 1 saturated heterocycles. The standard InChI is InChI=1S/C16H23NO3/c1-3-12-5-6-14(19)13(9-12)15(20)17-8-4-7-16(2,10-17)11-18/h5-6,9,18-19H,3-4,7-8,10-11H2,1-2H3. The van der Waals surface area contributed by atoms with Gasteiger partial charge < -0.3 is 15.1 Å². The van der Waals surface area contributed by atoms with Crippen molar-refractivity contribution in [1.29, 1.82) is 0 Å². The highest BCUT2D eigenvalue weighted by Crippen LogP contribution is 2.30. The molecule has 4 nitrogen and oxygen atoms in total. The van der Waals surface area contributed by atoms with Crippen molar-refractivity contribution in [2.24, 2.45) is 5.41 Å². The Kier molecular flexibility index (Phi) is 4.33.